The molecule has 0 amide bonds. The summed E-state index contributed by atoms with van der Waals surface area (Å²) in [5, 5.41) is 26.1. The first-order valence-electron chi connectivity index (χ1n) is 5.73. The maximum absolute atomic E-state index is 9.52. The highest BCUT2D eigenvalue weighted by molar-refractivity contribution is 7.80. The Morgan fingerprint density at radius 3 is 2.94 bits per heavy atom. The Morgan fingerprint density at radius 2 is 2.22 bits per heavy atom. The first-order chi connectivity index (χ1) is 8.65. The third-order valence-corrected chi connectivity index (χ3v) is 2.47. The molecule has 0 aliphatic rings. The Bertz CT molecular complexity index is 435. The summed E-state index contributed by atoms with van der Waals surface area (Å²) in [5.41, 5.74) is 3.05. The number of phenolic OH excluding ortho intramolecular Hbond substituents is 2. The molecule has 0 saturated carbocycles. The summed E-state index contributed by atoms with van der Waals surface area (Å²) in [7, 11) is 0. The van der Waals surface area contributed by atoms with Crippen molar-refractivity contribution in [3.8, 4) is 11.5 Å². The van der Waals surface area contributed by atoms with Crippen molar-refractivity contribution in [2.45, 2.75) is 19.8 Å². The van der Waals surface area contributed by atoms with Gasteiger partial charge in [-0.25, -0.2) is 0 Å². The van der Waals surface area contributed by atoms with Crippen LogP contribution < -0.4 is 10.7 Å². The summed E-state index contributed by atoms with van der Waals surface area (Å²) in [6.45, 7) is 2.90. The number of hydrogen-bond donors (Lipinski definition) is 4. The Morgan fingerprint density at radius 1 is 1.44 bits per heavy atom. The standard InChI is InChI=1S/C12H17N3O2S/c1-2-3-7-13-12(18)15-14-8-9-5-4-6-10(16)11(9)17/h4-6,8,16-17H,2-3,7H2,1H3,(H2,13,15,18)/b14-8-. The second-order valence-corrected chi connectivity index (χ2v) is 4.10. The number of thiocarbonyl (C=S) groups is 1. The van der Waals surface area contributed by atoms with Gasteiger partial charge in [0.2, 0.25) is 0 Å². The SMILES string of the molecule is CCCCNC(=S)N/N=C\c1cccc(O)c1O. The van der Waals surface area contributed by atoms with Gasteiger partial charge in [-0.2, -0.15) is 5.10 Å². The molecule has 0 unspecified atom stereocenters. The van der Waals surface area contributed by atoms with Crippen molar-refractivity contribution >= 4 is 23.5 Å². The zero-order chi connectivity index (χ0) is 13.4. The van der Waals surface area contributed by atoms with E-state index in [1.807, 2.05) is 0 Å². The number of hydrogen-bond acceptors (Lipinski definition) is 4. The molecule has 0 atom stereocenters. The summed E-state index contributed by atoms with van der Waals surface area (Å²) < 4.78 is 0. The van der Waals surface area contributed by atoms with Crippen LogP contribution in [-0.4, -0.2) is 28.1 Å². The molecule has 0 aromatic heterocycles. The molecule has 0 radical (unpaired) electrons. The number of unbranched alkanes of at least 4 members (excludes halogenated alkanes) is 1. The zero-order valence-electron chi connectivity index (χ0n) is 10.2. The minimum atomic E-state index is -0.201. The monoisotopic (exact) mass is 267 g/mol. The van der Waals surface area contributed by atoms with E-state index < -0.39 is 0 Å². The smallest absolute Gasteiger partial charge is 0.186 e. The van der Waals surface area contributed by atoms with Crippen LogP contribution >= 0.6 is 12.2 Å². The Labute approximate surface area is 112 Å². The molecule has 0 fully saturated rings. The fourth-order valence-corrected chi connectivity index (χ4v) is 1.39. The van der Waals surface area contributed by atoms with Gasteiger partial charge >= 0.3 is 0 Å². The predicted octanol–water partition coefficient (Wildman–Crippen LogP) is 1.70. The van der Waals surface area contributed by atoms with Crippen LogP contribution in [0, 0.1) is 0 Å². The molecular weight excluding hydrogens is 250 g/mol. The van der Waals surface area contributed by atoms with Crippen molar-refractivity contribution in [2.75, 3.05) is 6.54 Å². The van der Waals surface area contributed by atoms with Crippen LogP contribution in [0.5, 0.6) is 11.5 Å². The summed E-state index contributed by atoms with van der Waals surface area (Å²) in [4.78, 5) is 0. The molecule has 0 spiro atoms. The van der Waals surface area contributed by atoms with E-state index in [0.717, 1.165) is 19.4 Å². The third-order valence-electron chi connectivity index (χ3n) is 2.23. The maximum atomic E-state index is 9.52. The van der Waals surface area contributed by atoms with Crippen LogP contribution in [-0.2, 0) is 0 Å². The zero-order valence-corrected chi connectivity index (χ0v) is 11.0. The fraction of sp³-hybridized carbons (Fsp3) is 0.333. The highest BCUT2D eigenvalue weighted by Crippen LogP contribution is 2.26. The first-order valence-corrected chi connectivity index (χ1v) is 6.13. The maximum Gasteiger partial charge on any atom is 0.186 e. The molecule has 18 heavy (non-hydrogen) atoms. The molecule has 1 aromatic carbocycles. The largest absolute Gasteiger partial charge is 0.504 e. The van der Waals surface area contributed by atoms with E-state index in [9.17, 15) is 10.2 Å². The molecule has 0 heterocycles. The lowest BCUT2D eigenvalue weighted by Crippen LogP contribution is -2.32. The highest BCUT2D eigenvalue weighted by Gasteiger charge is 2.02. The molecule has 5 nitrogen and oxygen atoms in total. The number of benzene rings is 1. The molecule has 0 saturated heterocycles. The van der Waals surface area contributed by atoms with Crippen LogP contribution in [0.1, 0.15) is 25.3 Å². The van der Waals surface area contributed by atoms with Crippen molar-refractivity contribution in [3.63, 3.8) is 0 Å². The molecule has 0 aliphatic heterocycles. The van der Waals surface area contributed by atoms with Gasteiger partial charge in [0, 0.05) is 12.1 Å². The molecule has 1 rings (SSSR count). The van der Waals surface area contributed by atoms with Gasteiger partial charge in [-0.1, -0.05) is 19.4 Å². The number of nitrogens with zero attached hydrogens (tertiary/aromatic N) is 1. The third kappa shape index (κ3) is 4.58. The number of rotatable bonds is 5. The van der Waals surface area contributed by atoms with Crippen molar-refractivity contribution < 1.29 is 10.2 Å². The summed E-state index contributed by atoms with van der Waals surface area (Å²) in [6, 6.07) is 4.65. The minimum Gasteiger partial charge on any atom is -0.504 e. The van der Waals surface area contributed by atoms with Crippen LogP contribution in [0.25, 0.3) is 0 Å². The van der Waals surface area contributed by atoms with Gasteiger partial charge in [-0.3, -0.25) is 5.43 Å². The lowest BCUT2D eigenvalue weighted by Gasteiger charge is -2.05. The first kappa shape index (κ1) is 14.2. The van der Waals surface area contributed by atoms with Gasteiger partial charge in [-0.15, -0.1) is 0 Å². The summed E-state index contributed by atoms with van der Waals surface area (Å²) in [5.74, 6) is -0.379. The lowest BCUT2D eigenvalue weighted by atomic mass is 10.2. The predicted molar refractivity (Wildman–Crippen MR) is 76.0 cm³/mol. The highest BCUT2D eigenvalue weighted by atomic mass is 32.1. The van der Waals surface area contributed by atoms with Crippen LogP contribution in [0.2, 0.25) is 0 Å². The van der Waals surface area contributed by atoms with E-state index in [-0.39, 0.29) is 11.5 Å². The lowest BCUT2D eigenvalue weighted by molar-refractivity contribution is 0.403. The van der Waals surface area contributed by atoms with E-state index in [4.69, 9.17) is 12.2 Å². The second kappa shape index (κ2) is 7.50. The molecule has 6 heteroatoms. The summed E-state index contributed by atoms with van der Waals surface area (Å²) >= 11 is 4.99. The quantitative estimate of drug-likeness (QED) is 0.215. The van der Waals surface area contributed by atoms with Crippen molar-refractivity contribution in [1.29, 1.82) is 0 Å². The van der Waals surface area contributed by atoms with E-state index in [2.05, 4.69) is 22.8 Å². The van der Waals surface area contributed by atoms with Gasteiger partial charge in [0.05, 0.1) is 6.21 Å². The fourth-order valence-electron chi connectivity index (χ4n) is 1.23. The number of para-hydroxylation sites is 1. The van der Waals surface area contributed by atoms with Crippen LogP contribution in [0.4, 0.5) is 0 Å². The number of phenols is 2. The number of hydrazone groups is 1. The average molecular weight is 267 g/mol. The second-order valence-electron chi connectivity index (χ2n) is 3.69. The van der Waals surface area contributed by atoms with Gasteiger partial charge < -0.3 is 15.5 Å². The van der Waals surface area contributed by atoms with Gasteiger partial charge in [0.15, 0.2) is 16.6 Å². The molecule has 98 valence electrons. The molecule has 4 N–H and O–H groups in total. The van der Waals surface area contributed by atoms with Crippen LogP contribution in [0.15, 0.2) is 23.3 Å². The normalized spacial score (nSPS) is 10.5. The average Bonchev–Trinajstić information content (AvgIpc) is 2.35. The van der Waals surface area contributed by atoms with E-state index >= 15 is 0 Å². The molecule has 0 aliphatic carbocycles. The van der Waals surface area contributed by atoms with Crippen molar-refractivity contribution in [3.05, 3.63) is 23.8 Å². The van der Waals surface area contributed by atoms with Crippen LogP contribution in [0.3, 0.4) is 0 Å². The summed E-state index contributed by atoms with van der Waals surface area (Å²) in [6.07, 6.45) is 3.53. The number of aromatic hydroxyl groups is 2. The Hall–Kier alpha value is -1.82. The van der Waals surface area contributed by atoms with Gasteiger partial charge in [0.25, 0.3) is 0 Å². The minimum absolute atomic E-state index is 0.178. The van der Waals surface area contributed by atoms with E-state index in [0.29, 0.717) is 10.7 Å². The van der Waals surface area contributed by atoms with Gasteiger partial charge in [0.1, 0.15) is 0 Å². The topological polar surface area (TPSA) is 76.9 Å². The molecule has 0 bridgehead atoms. The van der Waals surface area contributed by atoms with Gasteiger partial charge in [-0.05, 0) is 30.8 Å². The molecule has 1 aromatic rings. The van der Waals surface area contributed by atoms with E-state index in [1.165, 1.54) is 12.3 Å². The van der Waals surface area contributed by atoms with Crippen molar-refractivity contribution in [2.24, 2.45) is 5.10 Å². The van der Waals surface area contributed by atoms with E-state index in [1.54, 1.807) is 12.1 Å². The van der Waals surface area contributed by atoms with Crippen molar-refractivity contribution in [1.82, 2.24) is 10.7 Å². The molecular formula is C12H17N3O2S. The number of nitrogens with one attached hydrogen (secondary N) is 2. The Kier molecular flexibility index (Phi) is 5.93. The Balaban J connectivity index is 2.45.